The lowest BCUT2D eigenvalue weighted by Gasteiger charge is -2.21. The third-order valence-corrected chi connectivity index (χ3v) is 1.52. The molecule has 1 rings (SSSR count). The zero-order chi connectivity index (χ0) is 11.2. The van der Waals surface area contributed by atoms with Crippen molar-refractivity contribution in [2.24, 2.45) is 11.7 Å². The van der Waals surface area contributed by atoms with Gasteiger partial charge in [-0.05, 0) is 12.1 Å². The zero-order valence-electron chi connectivity index (χ0n) is 7.62. The van der Waals surface area contributed by atoms with Crippen LogP contribution in [0.1, 0.15) is 0 Å². The molecule has 0 saturated heterocycles. The molecular weight excluding hydrogens is 195 g/mol. The van der Waals surface area contributed by atoms with Crippen molar-refractivity contribution in [1.29, 1.82) is 0 Å². The number of nitrogens with zero attached hydrogens (tertiary/aromatic N) is 1. The summed E-state index contributed by atoms with van der Waals surface area (Å²) < 4.78 is 36.2. The number of hydrogen-bond donors (Lipinski definition) is 2. The topological polar surface area (TPSA) is 55.3 Å². The fourth-order valence-corrected chi connectivity index (χ4v) is 0.798. The first-order valence-corrected chi connectivity index (χ1v) is 3.71. The Hall–Kier alpha value is -1.27. The summed E-state index contributed by atoms with van der Waals surface area (Å²) in [5.41, 5.74) is 0.144. The quantitative estimate of drug-likeness (QED) is 0.416. The Labute approximate surface area is 80.1 Å². The summed E-state index contributed by atoms with van der Waals surface area (Å²) in [7, 11) is 0.995. The van der Waals surface area contributed by atoms with Gasteiger partial charge in [-0.25, -0.2) is 0 Å². The van der Waals surface area contributed by atoms with Crippen LogP contribution in [0.5, 0.6) is 0 Å². The molecule has 0 aromatic heterocycles. The number of benzene rings is 1. The van der Waals surface area contributed by atoms with E-state index < -0.39 is 6.30 Å². The van der Waals surface area contributed by atoms with Crippen molar-refractivity contribution in [1.82, 2.24) is 0 Å². The van der Waals surface area contributed by atoms with E-state index in [0.29, 0.717) is 0 Å². The van der Waals surface area contributed by atoms with Crippen LogP contribution >= 0.6 is 0 Å². The molecular formula is C8H12F3N3. The zero-order valence-corrected chi connectivity index (χ0v) is 7.62. The Balaban J connectivity index is 0.000000791. The molecule has 0 aliphatic heterocycles. The second-order valence-electron chi connectivity index (χ2n) is 2.36. The minimum atomic E-state index is -4.30. The van der Waals surface area contributed by atoms with Gasteiger partial charge in [0.1, 0.15) is 0 Å². The molecule has 3 nitrogen and oxygen atoms in total. The number of nitrogens with two attached hydrogens (primary N) is 2. The molecule has 0 aliphatic rings. The number of rotatable bonds is 1. The maximum absolute atomic E-state index is 12.1. The van der Waals surface area contributed by atoms with Gasteiger partial charge in [0, 0.05) is 12.7 Å². The van der Waals surface area contributed by atoms with Gasteiger partial charge < -0.3 is 0 Å². The summed E-state index contributed by atoms with van der Waals surface area (Å²) in [5.74, 6) is 8.00. The van der Waals surface area contributed by atoms with Gasteiger partial charge in [0.05, 0.1) is 0 Å². The smallest absolute Gasteiger partial charge is 0.287 e. The molecule has 0 bridgehead atoms. The summed E-state index contributed by atoms with van der Waals surface area (Å²) in [6.07, 6.45) is -4.30. The Morgan fingerprint density at radius 3 is 1.86 bits per heavy atom. The van der Waals surface area contributed by atoms with Crippen LogP contribution in [0.25, 0.3) is 0 Å². The minimum absolute atomic E-state index is 0.144. The molecule has 0 radical (unpaired) electrons. The van der Waals surface area contributed by atoms with E-state index in [0.717, 1.165) is 7.05 Å². The van der Waals surface area contributed by atoms with Gasteiger partial charge in [0.2, 0.25) is 0 Å². The average molecular weight is 207 g/mol. The van der Waals surface area contributed by atoms with Crippen LogP contribution in [0.3, 0.4) is 0 Å². The van der Waals surface area contributed by atoms with Gasteiger partial charge in [-0.2, -0.15) is 13.2 Å². The third-order valence-electron chi connectivity index (χ3n) is 1.52. The standard InChI is InChI=1S/C8H8F3N.H4N2/c1-12(8(9,10)11)7-5-3-2-4-6-7;1-2/h2-6H,1H3;1-2H2. The van der Waals surface area contributed by atoms with E-state index in [4.69, 9.17) is 0 Å². The van der Waals surface area contributed by atoms with Crippen molar-refractivity contribution < 1.29 is 13.2 Å². The highest BCUT2D eigenvalue weighted by Crippen LogP contribution is 2.25. The van der Waals surface area contributed by atoms with Crippen LogP contribution in [0, 0.1) is 0 Å². The number of para-hydroxylation sites is 1. The fourth-order valence-electron chi connectivity index (χ4n) is 0.798. The molecule has 0 unspecified atom stereocenters. The van der Waals surface area contributed by atoms with E-state index in [1.54, 1.807) is 18.2 Å². The van der Waals surface area contributed by atoms with Gasteiger partial charge >= 0.3 is 6.30 Å². The summed E-state index contributed by atoms with van der Waals surface area (Å²) in [6.45, 7) is 0. The predicted molar refractivity (Wildman–Crippen MR) is 49.3 cm³/mol. The molecule has 14 heavy (non-hydrogen) atoms. The summed E-state index contributed by atoms with van der Waals surface area (Å²) >= 11 is 0. The largest absolute Gasteiger partial charge is 0.484 e. The SMILES string of the molecule is CN(c1ccccc1)C(F)(F)F.NN. The Bertz CT molecular complexity index is 248. The van der Waals surface area contributed by atoms with Crippen molar-refractivity contribution in [3.05, 3.63) is 30.3 Å². The Kier molecular flexibility index (Phi) is 4.96. The molecule has 4 N–H and O–H groups in total. The molecule has 0 spiro atoms. The monoisotopic (exact) mass is 207 g/mol. The van der Waals surface area contributed by atoms with Crippen LogP contribution in [0.2, 0.25) is 0 Å². The summed E-state index contributed by atoms with van der Waals surface area (Å²) in [4.78, 5) is 0.271. The van der Waals surface area contributed by atoms with Gasteiger partial charge in [0.15, 0.2) is 0 Å². The second-order valence-corrected chi connectivity index (χ2v) is 2.36. The van der Waals surface area contributed by atoms with Crippen LogP contribution in [-0.4, -0.2) is 13.3 Å². The molecule has 1 aromatic carbocycles. The number of anilines is 1. The van der Waals surface area contributed by atoms with Gasteiger partial charge in [-0.1, -0.05) is 18.2 Å². The second kappa shape index (κ2) is 5.46. The van der Waals surface area contributed by atoms with E-state index in [9.17, 15) is 13.2 Å². The first-order chi connectivity index (χ1) is 6.52. The Morgan fingerprint density at radius 2 is 1.50 bits per heavy atom. The van der Waals surface area contributed by atoms with E-state index >= 15 is 0 Å². The lowest BCUT2D eigenvalue weighted by atomic mass is 10.3. The van der Waals surface area contributed by atoms with Crippen molar-refractivity contribution >= 4 is 5.69 Å². The molecule has 1 aromatic rings. The number of hydrogen-bond acceptors (Lipinski definition) is 3. The highest BCUT2D eigenvalue weighted by molar-refractivity contribution is 5.45. The van der Waals surface area contributed by atoms with E-state index in [-0.39, 0.29) is 10.6 Å². The lowest BCUT2D eigenvalue weighted by molar-refractivity contribution is -0.125. The molecule has 0 saturated carbocycles. The normalized spacial score (nSPS) is 10.1. The van der Waals surface area contributed by atoms with Crippen molar-refractivity contribution in [2.75, 3.05) is 11.9 Å². The van der Waals surface area contributed by atoms with Crippen LogP contribution in [0.4, 0.5) is 18.9 Å². The molecule has 80 valence electrons. The first-order valence-electron chi connectivity index (χ1n) is 3.71. The van der Waals surface area contributed by atoms with E-state index in [1.165, 1.54) is 12.1 Å². The number of alkyl halides is 3. The summed E-state index contributed by atoms with van der Waals surface area (Å²) in [6, 6.07) is 7.63. The highest BCUT2D eigenvalue weighted by atomic mass is 19.4. The highest BCUT2D eigenvalue weighted by Gasteiger charge is 2.33. The van der Waals surface area contributed by atoms with E-state index in [1.807, 2.05) is 0 Å². The molecule has 0 aliphatic carbocycles. The van der Waals surface area contributed by atoms with Crippen LogP contribution in [0.15, 0.2) is 30.3 Å². The van der Waals surface area contributed by atoms with Crippen LogP contribution in [-0.2, 0) is 0 Å². The number of halogens is 3. The lowest BCUT2D eigenvalue weighted by Crippen LogP contribution is -2.33. The molecule has 0 fully saturated rings. The van der Waals surface area contributed by atoms with Gasteiger partial charge in [-0.15, -0.1) is 0 Å². The third kappa shape index (κ3) is 3.63. The molecule has 0 amide bonds. The summed E-state index contributed by atoms with van der Waals surface area (Å²) in [5, 5.41) is 0. The van der Waals surface area contributed by atoms with Crippen molar-refractivity contribution in [3.8, 4) is 0 Å². The predicted octanol–water partition coefficient (Wildman–Crippen LogP) is 1.46. The minimum Gasteiger partial charge on any atom is -0.287 e. The Morgan fingerprint density at radius 1 is 1.07 bits per heavy atom. The van der Waals surface area contributed by atoms with Gasteiger partial charge in [0.25, 0.3) is 0 Å². The van der Waals surface area contributed by atoms with Crippen LogP contribution < -0.4 is 16.6 Å². The number of hydrazine groups is 1. The maximum Gasteiger partial charge on any atom is 0.484 e. The van der Waals surface area contributed by atoms with Gasteiger partial charge in [-0.3, -0.25) is 16.6 Å². The van der Waals surface area contributed by atoms with Crippen molar-refractivity contribution in [2.45, 2.75) is 6.30 Å². The average Bonchev–Trinajstić information content (AvgIpc) is 2.20. The first kappa shape index (κ1) is 12.7. The maximum atomic E-state index is 12.1. The molecule has 0 heterocycles. The van der Waals surface area contributed by atoms with Crippen molar-refractivity contribution in [3.63, 3.8) is 0 Å². The fraction of sp³-hybridized carbons (Fsp3) is 0.250. The van der Waals surface area contributed by atoms with E-state index in [2.05, 4.69) is 11.7 Å². The molecule has 0 atom stereocenters. The molecule has 6 heteroatoms.